The highest BCUT2D eigenvalue weighted by molar-refractivity contribution is 5.72. The van der Waals surface area contributed by atoms with Crippen molar-refractivity contribution in [3.8, 4) is 0 Å². The normalized spacial score (nSPS) is 12.3. The average molecular weight is 365 g/mol. The fourth-order valence-electron chi connectivity index (χ4n) is 3.10. The molecule has 6 heteroatoms. The van der Waals surface area contributed by atoms with Crippen LogP contribution in [0.4, 0.5) is 0 Å². The molecule has 2 aromatic heterocycles. The Hall–Kier alpha value is -2.99. The fourth-order valence-corrected chi connectivity index (χ4v) is 3.10. The highest BCUT2D eigenvalue weighted by Crippen LogP contribution is 2.12. The van der Waals surface area contributed by atoms with E-state index in [4.69, 9.17) is 4.74 Å². The molecule has 1 atom stereocenters. The molecule has 0 fully saturated rings. The van der Waals surface area contributed by atoms with Gasteiger partial charge in [-0.1, -0.05) is 43.3 Å². The van der Waals surface area contributed by atoms with E-state index in [2.05, 4.69) is 9.88 Å². The van der Waals surface area contributed by atoms with E-state index in [0.717, 1.165) is 5.56 Å². The van der Waals surface area contributed by atoms with E-state index >= 15 is 0 Å². The first-order valence-electron chi connectivity index (χ1n) is 8.88. The lowest BCUT2D eigenvalue weighted by Crippen LogP contribution is -2.32. The Morgan fingerprint density at radius 3 is 2.63 bits per heavy atom. The number of pyridine rings is 1. The lowest BCUT2D eigenvalue weighted by Gasteiger charge is -2.24. The molecule has 27 heavy (non-hydrogen) atoms. The number of ether oxygens (including phenoxy) is 1. The van der Waals surface area contributed by atoms with Gasteiger partial charge < -0.3 is 4.74 Å². The van der Waals surface area contributed by atoms with Gasteiger partial charge in [-0.15, -0.1) is 0 Å². The van der Waals surface area contributed by atoms with Crippen LogP contribution in [0.25, 0.3) is 5.65 Å². The summed E-state index contributed by atoms with van der Waals surface area (Å²) in [6.07, 6.45) is 1.70. The van der Waals surface area contributed by atoms with Crippen LogP contribution in [0.2, 0.25) is 0 Å². The molecule has 0 aliphatic heterocycles. The van der Waals surface area contributed by atoms with E-state index in [-0.39, 0.29) is 17.4 Å². The number of aromatic nitrogens is 2. The summed E-state index contributed by atoms with van der Waals surface area (Å²) in [5, 5.41) is 0. The van der Waals surface area contributed by atoms with Crippen LogP contribution in [-0.4, -0.2) is 33.9 Å². The summed E-state index contributed by atoms with van der Waals surface area (Å²) in [7, 11) is 1.40. The van der Waals surface area contributed by atoms with E-state index in [1.807, 2.05) is 49.4 Å². The molecule has 6 nitrogen and oxygen atoms in total. The number of benzene rings is 1. The Morgan fingerprint density at radius 1 is 1.15 bits per heavy atom. The number of carbonyl (C=O) groups is 1. The summed E-state index contributed by atoms with van der Waals surface area (Å²) in [4.78, 5) is 30.9. The molecular weight excluding hydrogens is 342 g/mol. The van der Waals surface area contributed by atoms with Crippen molar-refractivity contribution in [1.29, 1.82) is 0 Å². The second-order valence-corrected chi connectivity index (χ2v) is 6.59. The van der Waals surface area contributed by atoms with Crippen LogP contribution in [0.5, 0.6) is 0 Å². The monoisotopic (exact) mass is 365 g/mol. The molecule has 140 valence electrons. The molecule has 0 saturated carbocycles. The average Bonchev–Trinajstić information content (AvgIpc) is 2.68. The fraction of sp³-hybridized carbons (Fsp3) is 0.286. The smallest absolute Gasteiger partial charge is 0.309 e. The van der Waals surface area contributed by atoms with Gasteiger partial charge in [0, 0.05) is 31.9 Å². The van der Waals surface area contributed by atoms with Gasteiger partial charge in [0.2, 0.25) is 0 Å². The Balaban J connectivity index is 1.86. The molecule has 3 aromatic rings. The molecule has 0 radical (unpaired) electrons. The molecule has 1 unspecified atom stereocenters. The predicted octanol–water partition coefficient (Wildman–Crippen LogP) is 2.51. The largest absolute Gasteiger partial charge is 0.469 e. The minimum absolute atomic E-state index is 0.115. The minimum Gasteiger partial charge on any atom is -0.469 e. The zero-order chi connectivity index (χ0) is 19.2. The van der Waals surface area contributed by atoms with Crippen molar-refractivity contribution >= 4 is 11.6 Å². The number of carbonyl (C=O) groups excluding carboxylic acids is 1. The van der Waals surface area contributed by atoms with Crippen LogP contribution in [0.3, 0.4) is 0 Å². The molecule has 0 aliphatic rings. The first-order valence-corrected chi connectivity index (χ1v) is 8.88. The maximum absolute atomic E-state index is 12.3. The zero-order valence-electron chi connectivity index (χ0n) is 15.5. The molecular formula is C21H23N3O3. The van der Waals surface area contributed by atoms with Crippen LogP contribution in [0.1, 0.15) is 18.2 Å². The van der Waals surface area contributed by atoms with Gasteiger partial charge in [0.15, 0.2) is 0 Å². The summed E-state index contributed by atoms with van der Waals surface area (Å²) < 4.78 is 6.37. The number of rotatable bonds is 7. The quantitative estimate of drug-likeness (QED) is 0.602. The molecule has 0 bridgehead atoms. The lowest BCUT2D eigenvalue weighted by atomic mass is 10.1. The minimum atomic E-state index is -0.278. The summed E-state index contributed by atoms with van der Waals surface area (Å²) in [5.41, 5.74) is 2.31. The molecule has 0 amide bonds. The van der Waals surface area contributed by atoms with Crippen molar-refractivity contribution < 1.29 is 9.53 Å². The van der Waals surface area contributed by atoms with Gasteiger partial charge in [0.05, 0.1) is 18.7 Å². The van der Waals surface area contributed by atoms with Gasteiger partial charge in [0.25, 0.3) is 5.56 Å². The van der Waals surface area contributed by atoms with Crippen molar-refractivity contribution in [1.82, 2.24) is 14.3 Å². The molecule has 0 aliphatic carbocycles. The van der Waals surface area contributed by atoms with Crippen LogP contribution >= 0.6 is 0 Å². The van der Waals surface area contributed by atoms with Crippen molar-refractivity contribution in [2.24, 2.45) is 5.92 Å². The number of fused-ring (bicyclic) bond motifs is 1. The Kier molecular flexibility index (Phi) is 5.98. The molecule has 3 rings (SSSR count). The van der Waals surface area contributed by atoms with E-state index in [1.165, 1.54) is 11.5 Å². The van der Waals surface area contributed by atoms with E-state index < -0.39 is 0 Å². The van der Waals surface area contributed by atoms with Crippen molar-refractivity contribution in [2.75, 3.05) is 13.7 Å². The number of nitrogens with zero attached hydrogens (tertiary/aromatic N) is 3. The molecule has 0 saturated heterocycles. The molecule has 0 N–H and O–H groups in total. The standard InChI is InChI=1S/C21H23N3O3/c1-16(21(26)27-2)13-23(14-17-8-4-3-5-9-17)15-18-12-20(25)24-11-7-6-10-19(24)22-18/h3-12,16H,13-15H2,1-2H3. The molecule has 1 aromatic carbocycles. The van der Waals surface area contributed by atoms with E-state index in [0.29, 0.717) is 31.0 Å². The lowest BCUT2D eigenvalue weighted by molar-refractivity contribution is -0.145. The second kappa shape index (κ2) is 8.60. The van der Waals surface area contributed by atoms with Gasteiger partial charge in [-0.2, -0.15) is 0 Å². The zero-order valence-corrected chi connectivity index (χ0v) is 15.5. The summed E-state index contributed by atoms with van der Waals surface area (Å²) in [6, 6.07) is 17.0. The third kappa shape index (κ3) is 4.80. The number of methoxy groups -OCH3 is 1. The third-order valence-corrected chi connectivity index (χ3v) is 4.39. The van der Waals surface area contributed by atoms with Crippen molar-refractivity contribution in [3.05, 3.63) is 82.4 Å². The molecule has 2 heterocycles. The SMILES string of the molecule is COC(=O)C(C)CN(Cc1ccccc1)Cc1cc(=O)n2ccccc2n1. The predicted molar refractivity (Wildman–Crippen MR) is 103 cm³/mol. The first kappa shape index (κ1) is 18.8. The van der Waals surface area contributed by atoms with Crippen LogP contribution in [-0.2, 0) is 22.6 Å². The highest BCUT2D eigenvalue weighted by Gasteiger charge is 2.19. The van der Waals surface area contributed by atoms with Gasteiger partial charge >= 0.3 is 5.97 Å². The topological polar surface area (TPSA) is 63.9 Å². The van der Waals surface area contributed by atoms with Gasteiger partial charge in [-0.05, 0) is 17.7 Å². The van der Waals surface area contributed by atoms with Crippen LogP contribution in [0.15, 0.2) is 65.6 Å². The summed E-state index contributed by atoms with van der Waals surface area (Å²) in [5.74, 6) is -0.528. The third-order valence-electron chi connectivity index (χ3n) is 4.39. The van der Waals surface area contributed by atoms with Crippen LogP contribution in [0, 0.1) is 5.92 Å². The van der Waals surface area contributed by atoms with Gasteiger partial charge in [0.1, 0.15) is 5.65 Å². The molecule has 0 spiro atoms. The number of hydrogen-bond donors (Lipinski definition) is 0. The Bertz CT molecular complexity index is 969. The van der Waals surface area contributed by atoms with Crippen molar-refractivity contribution in [3.63, 3.8) is 0 Å². The Labute approximate surface area is 158 Å². The van der Waals surface area contributed by atoms with Gasteiger partial charge in [-0.3, -0.25) is 18.9 Å². The first-order chi connectivity index (χ1) is 13.1. The number of esters is 1. The summed E-state index contributed by atoms with van der Waals surface area (Å²) in [6.45, 7) is 3.47. The van der Waals surface area contributed by atoms with E-state index in [9.17, 15) is 9.59 Å². The van der Waals surface area contributed by atoms with Gasteiger partial charge in [-0.25, -0.2) is 4.98 Å². The maximum atomic E-state index is 12.3. The summed E-state index contributed by atoms with van der Waals surface area (Å²) >= 11 is 0. The number of hydrogen-bond acceptors (Lipinski definition) is 5. The second-order valence-electron chi connectivity index (χ2n) is 6.59. The highest BCUT2D eigenvalue weighted by atomic mass is 16.5. The Morgan fingerprint density at radius 2 is 1.89 bits per heavy atom. The van der Waals surface area contributed by atoms with Crippen LogP contribution < -0.4 is 5.56 Å². The van der Waals surface area contributed by atoms with E-state index in [1.54, 1.807) is 18.3 Å². The van der Waals surface area contributed by atoms with Crippen molar-refractivity contribution in [2.45, 2.75) is 20.0 Å². The maximum Gasteiger partial charge on any atom is 0.309 e.